The summed E-state index contributed by atoms with van der Waals surface area (Å²) in [6, 6.07) is 8.02. The van der Waals surface area contributed by atoms with Crippen LogP contribution >= 0.6 is 0 Å². The zero-order chi connectivity index (χ0) is 16.9. The van der Waals surface area contributed by atoms with Gasteiger partial charge in [0, 0.05) is 50.7 Å². The van der Waals surface area contributed by atoms with Crippen LogP contribution in [0, 0.1) is 18.3 Å². The number of aromatic nitrogens is 3. The summed E-state index contributed by atoms with van der Waals surface area (Å²) >= 11 is 0. The lowest BCUT2D eigenvalue weighted by molar-refractivity contribution is 0.645. The standard InChI is InChI=1S/C17H21N7/c1-3-19-17-21-13(2)11-16(22-17)24-9-7-23(8-10-24)15-5-4-6-20-14(15)12-18/h4-6,11H,3,7-10H2,1-2H3,(H,19,21,22). The number of piperazine rings is 1. The van der Waals surface area contributed by atoms with Gasteiger partial charge in [0.2, 0.25) is 5.95 Å². The van der Waals surface area contributed by atoms with Crippen molar-refractivity contribution in [2.24, 2.45) is 0 Å². The highest BCUT2D eigenvalue weighted by Crippen LogP contribution is 2.22. The molecule has 0 spiro atoms. The Morgan fingerprint density at radius 2 is 1.96 bits per heavy atom. The second-order valence-corrected chi connectivity index (χ2v) is 5.68. The average molecular weight is 323 g/mol. The van der Waals surface area contributed by atoms with Crippen LogP contribution in [0.3, 0.4) is 0 Å². The van der Waals surface area contributed by atoms with Crippen LogP contribution in [0.2, 0.25) is 0 Å². The van der Waals surface area contributed by atoms with Gasteiger partial charge in [-0.3, -0.25) is 0 Å². The molecule has 2 aromatic rings. The molecule has 0 aliphatic carbocycles. The second kappa shape index (κ2) is 7.13. The number of anilines is 3. The van der Waals surface area contributed by atoms with Crippen molar-refractivity contribution in [2.75, 3.05) is 47.8 Å². The zero-order valence-corrected chi connectivity index (χ0v) is 14.0. The van der Waals surface area contributed by atoms with E-state index in [9.17, 15) is 5.26 Å². The molecule has 0 bridgehead atoms. The van der Waals surface area contributed by atoms with Gasteiger partial charge in [0.1, 0.15) is 11.9 Å². The van der Waals surface area contributed by atoms with Crippen LogP contribution in [-0.2, 0) is 0 Å². The van der Waals surface area contributed by atoms with Crippen molar-refractivity contribution in [3.63, 3.8) is 0 Å². The Kier molecular flexibility index (Phi) is 4.75. The van der Waals surface area contributed by atoms with Crippen molar-refractivity contribution in [1.82, 2.24) is 15.0 Å². The van der Waals surface area contributed by atoms with Crippen LogP contribution < -0.4 is 15.1 Å². The summed E-state index contributed by atoms with van der Waals surface area (Å²) in [5.74, 6) is 1.62. The van der Waals surface area contributed by atoms with E-state index in [0.29, 0.717) is 11.6 Å². The molecule has 2 aromatic heterocycles. The van der Waals surface area contributed by atoms with Gasteiger partial charge in [-0.1, -0.05) is 0 Å². The Bertz CT molecular complexity index is 745. The van der Waals surface area contributed by atoms with Crippen LogP contribution in [0.5, 0.6) is 0 Å². The summed E-state index contributed by atoms with van der Waals surface area (Å²) in [6.07, 6.45) is 1.66. The Hall–Kier alpha value is -2.88. The SMILES string of the molecule is CCNc1nc(C)cc(N2CCN(c3cccnc3C#N)CC2)n1. The Morgan fingerprint density at radius 1 is 1.21 bits per heavy atom. The summed E-state index contributed by atoms with van der Waals surface area (Å²) in [6.45, 7) is 8.18. The van der Waals surface area contributed by atoms with E-state index in [2.05, 4.69) is 36.1 Å². The van der Waals surface area contributed by atoms with Crippen molar-refractivity contribution in [3.05, 3.63) is 35.8 Å². The topological polar surface area (TPSA) is 81.0 Å². The Balaban J connectivity index is 1.72. The summed E-state index contributed by atoms with van der Waals surface area (Å²) in [5.41, 5.74) is 2.35. The number of nitrogens with one attached hydrogen (secondary N) is 1. The largest absolute Gasteiger partial charge is 0.366 e. The molecule has 0 atom stereocenters. The zero-order valence-electron chi connectivity index (χ0n) is 14.0. The van der Waals surface area contributed by atoms with Crippen molar-refractivity contribution in [2.45, 2.75) is 13.8 Å². The van der Waals surface area contributed by atoms with Gasteiger partial charge in [-0.15, -0.1) is 0 Å². The normalized spacial score (nSPS) is 14.4. The van der Waals surface area contributed by atoms with Crippen LogP contribution in [0.25, 0.3) is 0 Å². The van der Waals surface area contributed by atoms with Gasteiger partial charge in [-0.25, -0.2) is 9.97 Å². The van der Waals surface area contributed by atoms with Gasteiger partial charge in [0.15, 0.2) is 5.69 Å². The van der Waals surface area contributed by atoms with Crippen LogP contribution in [0.15, 0.2) is 24.4 Å². The van der Waals surface area contributed by atoms with Crippen molar-refractivity contribution >= 4 is 17.5 Å². The lowest BCUT2D eigenvalue weighted by Crippen LogP contribution is -2.47. The number of hydrogen-bond donors (Lipinski definition) is 1. The van der Waals surface area contributed by atoms with E-state index in [1.165, 1.54) is 0 Å². The number of aryl methyl sites for hydroxylation is 1. The minimum Gasteiger partial charge on any atom is -0.366 e. The van der Waals surface area contributed by atoms with E-state index in [0.717, 1.165) is 49.9 Å². The third-order valence-corrected chi connectivity index (χ3v) is 4.01. The number of pyridine rings is 1. The molecule has 0 radical (unpaired) electrons. The highest BCUT2D eigenvalue weighted by Gasteiger charge is 2.21. The van der Waals surface area contributed by atoms with Crippen molar-refractivity contribution in [3.8, 4) is 6.07 Å². The number of hydrogen-bond acceptors (Lipinski definition) is 7. The molecule has 0 aromatic carbocycles. The first-order valence-electron chi connectivity index (χ1n) is 8.16. The van der Waals surface area contributed by atoms with Crippen molar-refractivity contribution in [1.29, 1.82) is 5.26 Å². The average Bonchev–Trinajstić information content (AvgIpc) is 2.61. The number of nitrogens with zero attached hydrogens (tertiary/aromatic N) is 6. The van der Waals surface area contributed by atoms with Crippen LogP contribution in [0.1, 0.15) is 18.3 Å². The number of nitriles is 1. The van der Waals surface area contributed by atoms with Gasteiger partial charge in [0.25, 0.3) is 0 Å². The highest BCUT2D eigenvalue weighted by atomic mass is 15.3. The van der Waals surface area contributed by atoms with Gasteiger partial charge in [-0.05, 0) is 26.0 Å². The fraction of sp³-hybridized carbons (Fsp3) is 0.412. The summed E-state index contributed by atoms with van der Waals surface area (Å²) in [5, 5.41) is 12.4. The molecule has 24 heavy (non-hydrogen) atoms. The molecule has 3 rings (SSSR count). The quantitative estimate of drug-likeness (QED) is 0.919. The molecule has 7 nitrogen and oxygen atoms in total. The third kappa shape index (κ3) is 3.38. The Morgan fingerprint density at radius 3 is 2.67 bits per heavy atom. The second-order valence-electron chi connectivity index (χ2n) is 5.68. The molecule has 7 heteroatoms. The van der Waals surface area contributed by atoms with Crippen LogP contribution in [-0.4, -0.2) is 47.7 Å². The molecule has 1 N–H and O–H groups in total. The summed E-state index contributed by atoms with van der Waals surface area (Å²) in [4.78, 5) is 17.6. The summed E-state index contributed by atoms with van der Waals surface area (Å²) in [7, 11) is 0. The molecular weight excluding hydrogens is 302 g/mol. The van der Waals surface area contributed by atoms with Gasteiger partial charge < -0.3 is 15.1 Å². The Labute approximate surface area is 142 Å². The van der Waals surface area contributed by atoms with E-state index >= 15 is 0 Å². The first-order chi connectivity index (χ1) is 11.7. The molecule has 1 saturated heterocycles. The fourth-order valence-corrected chi connectivity index (χ4v) is 2.87. The van der Waals surface area contributed by atoms with Crippen molar-refractivity contribution < 1.29 is 0 Å². The maximum Gasteiger partial charge on any atom is 0.224 e. The van der Waals surface area contributed by atoms with Gasteiger partial charge >= 0.3 is 0 Å². The fourth-order valence-electron chi connectivity index (χ4n) is 2.87. The molecule has 1 aliphatic heterocycles. The van der Waals surface area contributed by atoms with E-state index in [-0.39, 0.29) is 0 Å². The minimum atomic E-state index is 0.485. The predicted molar refractivity (Wildman–Crippen MR) is 94.3 cm³/mol. The maximum absolute atomic E-state index is 9.22. The maximum atomic E-state index is 9.22. The molecule has 0 unspecified atom stereocenters. The monoisotopic (exact) mass is 323 g/mol. The van der Waals surface area contributed by atoms with Gasteiger partial charge in [0.05, 0.1) is 5.69 Å². The first-order valence-corrected chi connectivity index (χ1v) is 8.16. The van der Waals surface area contributed by atoms with E-state index in [4.69, 9.17) is 0 Å². The molecule has 1 aliphatic rings. The lowest BCUT2D eigenvalue weighted by Gasteiger charge is -2.36. The molecule has 124 valence electrons. The van der Waals surface area contributed by atoms with E-state index in [1.807, 2.05) is 32.0 Å². The first kappa shape index (κ1) is 16.0. The van der Waals surface area contributed by atoms with Gasteiger partial charge in [-0.2, -0.15) is 10.2 Å². The minimum absolute atomic E-state index is 0.485. The molecule has 3 heterocycles. The highest BCUT2D eigenvalue weighted by molar-refractivity contribution is 5.57. The molecule has 0 saturated carbocycles. The summed E-state index contributed by atoms with van der Waals surface area (Å²) < 4.78 is 0. The van der Waals surface area contributed by atoms with Crippen LogP contribution in [0.4, 0.5) is 17.5 Å². The van der Waals surface area contributed by atoms with E-state index in [1.54, 1.807) is 6.20 Å². The smallest absolute Gasteiger partial charge is 0.224 e. The molecular formula is C17H21N7. The molecule has 1 fully saturated rings. The third-order valence-electron chi connectivity index (χ3n) is 4.01. The van der Waals surface area contributed by atoms with E-state index < -0.39 is 0 Å². The lowest BCUT2D eigenvalue weighted by atomic mass is 10.2. The predicted octanol–water partition coefficient (Wildman–Crippen LogP) is 1.81. The number of rotatable bonds is 4. The molecule has 0 amide bonds.